The molecule has 3 heteroatoms. The summed E-state index contributed by atoms with van der Waals surface area (Å²) in [6, 6.07) is 7.59. The summed E-state index contributed by atoms with van der Waals surface area (Å²) in [5, 5.41) is 8.74. The van der Waals surface area contributed by atoms with Crippen molar-refractivity contribution in [3.8, 4) is 6.07 Å². The molecule has 0 saturated carbocycles. The van der Waals surface area contributed by atoms with Crippen molar-refractivity contribution in [1.29, 1.82) is 5.26 Å². The van der Waals surface area contributed by atoms with Crippen molar-refractivity contribution in [2.24, 2.45) is 0 Å². The van der Waals surface area contributed by atoms with E-state index < -0.39 is 0 Å². The van der Waals surface area contributed by atoms with Crippen LogP contribution in [0.2, 0.25) is 0 Å². The molecule has 66 valence electrons. The van der Waals surface area contributed by atoms with Crippen LogP contribution in [0.3, 0.4) is 0 Å². The van der Waals surface area contributed by atoms with Gasteiger partial charge in [-0.05, 0) is 47.2 Å². The summed E-state index contributed by atoms with van der Waals surface area (Å²) in [6.45, 7) is 1.55. The molecule has 0 unspecified atom stereocenters. The number of nitriles is 1. The number of halogens is 1. The number of rotatable bonds is 2. The molecule has 13 heavy (non-hydrogen) atoms. The molecule has 0 saturated heterocycles. The Kier molecular flexibility index (Phi) is 3.43. The van der Waals surface area contributed by atoms with E-state index in [0.717, 1.165) is 9.13 Å². The van der Waals surface area contributed by atoms with Gasteiger partial charge >= 0.3 is 0 Å². The second-order valence-electron chi connectivity index (χ2n) is 2.80. The molecule has 0 amide bonds. The second-order valence-corrected chi connectivity index (χ2v) is 3.97. The van der Waals surface area contributed by atoms with Crippen molar-refractivity contribution in [2.75, 3.05) is 0 Å². The SMILES string of the molecule is CC(=O)Cc1ccc(I)c(C#N)c1. The first kappa shape index (κ1) is 10.2. The number of ketones is 1. The van der Waals surface area contributed by atoms with Crippen LogP contribution in [0.25, 0.3) is 0 Å². The predicted octanol–water partition coefficient (Wildman–Crippen LogP) is 2.29. The average molecular weight is 285 g/mol. The molecule has 2 nitrogen and oxygen atoms in total. The maximum Gasteiger partial charge on any atom is 0.134 e. The molecule has 0 spiro atoms. The summed E-state index contributed by atoms with van der Waals surface area (Å²) in [7, 11) is 0. The molecule has 1 rings (SSSR count). The Hall–Kier alpha value is -0.890. The summed E-state index contributed by atoms with van der Waals surface area (Å²) in [6.07, 6.45) is 0.408. The van der Waals surface area contributed by atoms with Crippen molar-refractivity contribution in [2.45, 2.75) is 13.3 Å². The van der Waals surface area contributed by atoms with Crippen molar-refractivity contribution in [3.05, 3.63) is 32.9 Å². The maximum absolute atomic E-state index is 10.8. The van der Waals surface area contributed by atoms with E-state index in [0.29, 0.717) is 12.0 Å². The molecule has 0 bridgehead atoms. The number of benzene rings is 1. The van der Waals surface area contributed by atoms with Gasteiger partial charge in [0.15, 0.2) is 0 Å². The van der Waals surface area contributed by atoms with Crippen LogP contribution in [0.15, 0.2) is 18.2 Å². The Morgan fingerprint density at radius 2 is 2.31 bits per heavy atom. The van der Waals surface area contributed by atoms with Crippen LogP contribution >= 0.6 is 22.6 Å². The van der Waals surface area contributed by atoms with Crippen LogP contribution in [0.5, 0.6) is 0 Å². The van der Waals surface area contributed by atoms with Gasteiger partial charge in [0.25, 0.3) is 0 Å². The van der Waals surface area contributed by atoms with Crippen LogP contribution in [-0.2, 0) is 11.2 Å². The molecule has 0 aliphatic heterocycles. The van der Waals surface area contributed by atoms with Crippen molar-refractivity contribution >= 4 is 28.4 Å². The van der Waals surface area contributed by atoms with Gasteiger partial charge in [-0.1, -0.05) is 6.07 Å². The van der Waals surface area contributed by atoms with E-state index >= 15 is 0 Å². The van der Waals surface area contributed by atoms with Gasteiger partial charge in [0, 0.05) is 9.99 Å². The minimum absolute atomic E-state index is 0.116. The van der Waals surface area contributed by atoms with Gasteiger partial charge in [0.2, 0.25) is 0 Å². The van der Waals surface area contributed by atoms with Crippen LogP contribution in [0.1, 0.15) is 18.1 Å². The van der Waals surface area contributed by atoms with E-state index in [4.69, 9.17) is 5.26 Å². The quantitative estimate of drug-likeness (QED) is 0.782. The van der Waals surface area contributed by atoms with E-state index in [1.54, 1.807) is 13.0 Å². The summed E-state index contributed by atoms with van der Waals surface area (Å²) >= 11 is 2.10. The highest BCUT2D eigenvalue weighted by molar-refractivity contribution is 14.1. The lowest BCUT2D eigenvalue weighted by atomic mass is 10.1. The zero-order valence-electron chi connectivity index (χ0n) is 7.17. The lowest BCUT2D eigenvalue weighted by molar-refractivity contribution is -0.116. The Morgan fingerprint density at radius 1 is 1.62 bits per heavy atom. The lowest BCUT2D eigenvalue weighted by Gasteiger charge is -1.99. The largest absolute Gasteiger partial charge is 0.300 e. The highest BCUT2D eigenvalue weighted by Gasteiger charge is 2.02. The van der Waals surface area contributed by atoms with Crippen molar-refractivity contribution in [3.63, 3.8) is 0 Å². The molecule has 0 aromatic heterocycles. The van der Waals surface area contributed by atoms with Gasteiger partial charge in [-0.15, -0.1) is 0 Å². The highest BCUT2D eigenvalue weighted by Crippen LogP contribution is 2.13. The number of carbonyl (C=O) groups is 1. The minimum atomic E-state index is 0.116. The fourth-order valence-electron chi connectivity index (χ4n) is 1.06. The monoisotopic (exact) mass is 285 g/mol. The third-order valence-corrected chi connectivity index (χ3v) is 2.54. The molecule has 0 radical (unpaired) electrons. The summed E-state index contributed by atoms with van der Waals surface area (Å²) in [4.78, 5) is 10.8. The fraction of sp³-hybridized carbons (Fsp3) is 0.200. The van der Waals surface area contributed by atoms with E-state index in [9.17, 15) is 4.79 Å². The Balaban J connectivity index is 3.01. The zero-order chi connectivity index (χ0) is 9.84. The zero-order valence-corrected chi connectivity index (χ0v) is 9.33. The minimum Gasteiger partial charge on any atom is -0.300 e. The van der Waals surface area contributed by atoms with Gasteiger partial charge in [-0.2, -0.15) is 5.26 Å². The van der Waals surface area contributed by atoms with Gasteiger partial charge in [0.05, 0.1) is 5.56 Å². The molecule has 1 aromatic carbocycles. The number of carbonyl (C=O) groups excluding carboxylic acids is 1. The normalized spacial score (nSPS) is 9.31. The van der Waals surface area contributed by atoms with Crippen molar-refractivity contribution in [1.82, 2.24) is 0 Å². The first-order chi connectivity index (χ1) is 6.13. The van der Waals surface area contributed by atoms with Crippen molar-refractivity contribution < 1.29 is 4.79 Å². The lowest BCUT2D eigenvalue weighted by Crippen LogP contribution is -1.97. The number of hydrogen-bond donors (Lipinski definition) is 0. The van der Waals surface area contributed by atoms with Crippen LogP contribution in [-0.4, -0.2) is 5.78 Å². The summed E-state index contributed by atoms with van der Waals surface area (Å²) in [5.41, 5.74) is 1.55. The van der Waals surface area contributed by atoms with E-state index in [1.165, 1.54) is 0 Å². The molecular formula is C10H8INO. The van der Waals surface area contributed by atoms with Gasteiger partial charge in [-0.3, -0.25) is 4.79 Å². The first-order valence-corrected chi connectivity index (χ1v) is 4.89. The predicted molar refractivity (Wildman–Crippen MR) is 58.3 cm³/mol. The second kappa shape index (κ2) is 4.38. The molecule has 0 heterocycles. The van der Waals surface area contributed by atoms with E-state index in [1.807, 2.05) is 12.1 Å². The smallest absolute Gasteiger partial charge is 0.134 e. The average Bonchev–Trinajstić information content (AvgIpc) is 2.07. The molecule has 0 atom stereocenters. The standard InChI is InChI=1S/C10H8INO/c1-7(13)4-8-2-3-10(11)9(5-8)6-12/h2-3,5H,4H2,1H3. The van der Waals surface area contributed by atoms with E-state index in [2.05, 4.69) is 28.7 Å². The Labute approximate surface area is 90.7 Å². The Bertz CT molecular complexity index is 379. The third kappa shape index (κ3) is 2.81. The maximum atomic E-state index is 10.8. The van der Waals surface area contributed by atoms with Gasteiger partial charge < -0.3 is 0 Å². The topological polar surface area (TPSA) is 40.9 Å². The third-order valence-electron chi connectivity index (χ3n) is 1.60. The van der Waals surface area contributed by atoms with Crippen LogP contribution < -0.4 is 0 Å². The number of Topliss-reactive ketones (excluding diaryl/α,β-unsaturated/α-hetero) is 1. The highest BCUT2D eigenvalue weighted by atomic mass is 127. The van der Waals surface area contributed by atoms with E-state index in [-0.39, 0.29) is 5.78 Å². The molecular weight excluding hydrogens is 277 g/mol. The first-order valence-electron chi connectivity index (χ1n) is 3.81. The summed E-state index contributed by atoms with van der Waals surface area (Å²) in [5.74, 6) is 0.116. The molecule has 1 aromatic rings. The van der Waals surface area contributed by atoms with Gasteiger partial charge in [-0.25, -0.2) is 0 Å². The number of hydrogen-bond acceptors (Lipinski definition) is 2. The molecule has 0 aliphatic carbocycles. The van der Waals surface area contributed by atoms with Crippen LogP contribution in [0.4, 0.5) is 0 Å². The molecule has 0 aliphatic rings. The Morgan fingerprint density at radius 3 is 2.85 bits per heavy atom. The molecule has 0 N–H and O–H groups in total. The fourth-order valence-corrected chi connectivity index (χ4v) is 1.51. The summed E-state index contributed by atoms with van der Waals surface area (Å²) < 4.78 is 0.924. The number of nitrogens with zero attached hydrogens (tertiary/aromatic N) is 1. The molecule has 0 fully saturated rings. The van der Waals surface area contributed by atoms with Crippen LogP contribution in [0, 0.1) is 14.9 Å². The van der Waals surface area contributed by atoms with Gasteiger partial charge in [0.1, 0.15) is 11.9 Å².